The summed E-state index contributed by atoms with van der Waals surface area (Å²) in [5.41, 5.74) is 8.11. The normalized spacial score (nSPS) is 18.1. The van der Waals surface area contributed by atoms with Gasteiger partial charge in [-0.3, -0.25) is 5.10 Å². The van der Waals surface area contributed by atoms with E-state index in [0.717, 1.165) is 49.4 Å². The Kier molecular flexibility index (Phi) is 6.77. The third-order valence-electron chi connectivity index (χ3n) is 8.97. The van der Waals surface area contributed by atoms with Crippen LogP contribution in [0.25, 0.3) is 32.1 Å². The lowest BCUT2D eigenvalue weighted by Gasteiger charge is -2.20. The van der Waals surface area contributed by atoms with Crippen LogP contribution in [-0.4, -0.2) is 56.3 Å². The van der Waals surface area contributed by atoms with E-state index in [1.54, 1.807) is 0 Å². The first-order valence-corrected chi connectivity index (χ1v) is 15.7. The van der Waals surface area contributed by atoms with Crippen molar-refractivity contribution in [3.63, 3.8) is 0 Å². The van der Waals surface area contributed by atoms with E-state index in [1.807, 2.05) is 7.05 Å². The molecule has 1 atom stereocenters. The summed E-state index contributed by atoms with van der Waals surface area (Å²) in [5.74, 6) is 1.05. The van der Waals surface area contributed by atoms with E-state index in [4.69, 9.17) is 20.2 Å². The van der Waals surface area contributed by atoms with Crippen molar-refractivity contribution in [2.45, 2.75) is 57.4 Å². The molecule has 0 unspecified atom stereocenters. The number of thiophene rings is 1. The van der Waals surface area contributed by atoms with Crippen LogP contribution in [0.3, 0.4) is 0 Å². The molecule has 1 saturated carbocycles. The minimum absolute atomic E-state index is 0.0343. The Morgan fingerprint density at radius 1 is 1.18 bits per heavy atom. The molecule has 11 nitrogen and oxygen atoms in total. The first kappa shape index (κ1) is 28.1. The second-order valence-corrected chi connectivity index (χ2v) is 12.9. The molecule has 2 fully saturated rings. The van der Waals surface area contributed by atoms with Crippen molar-refractivity contribution in [2.24, 2.45) is 0 Å². The Bertz CT molecular complexity index is 2030. The molecule has 0 radical (unpaired) electrons. The minimum atomic E-state index is -0.639. The third-order valence-corrected chi connectivity index (χ3v) is 9.99. The molecule has 3 aromatic heterocycles. The van der Waals surface area contributed by atoms with Gasteiger partial charge in [0, 0.05) is 22.9 Å². The van der Waals surface area contributed by atoms with Crippen LogP contribution in [0.1, 0.15) is 59.9 Å². The highest BCUT2D eigenvalue weighted by atomic mass is 32.1. The molecule has 4 N–H and O–H groups in total. The Hall–Kier alpha value is -4.45. The van der Waals surface area contributed by atoms with Gasteiger partial charge in [-0.1, -0.05) is 6.07 Å². The number of likely N-dealkylation sites (tertiary alicyclic amines) is 1. The lowest BCUT2D eigenvalue weighted by Crippen LogP contribution is -2.31. The zero-order valence-electron chi connectivity index (χ0n) is 24.4. The standard InChI is InChI=1S/C31H29F2N9O2S/c1-42-8-2-3-15(42)11-44-31-38-26-24(30(39-31)36-10-21-37-29(41-40-21)14-4-5-14)19-13-43-12-18(19)22(25(26)33)16-6-7-20(32)27-23(16)17(9-34)28(35)45-27/h6-7,14-15H,2-5,8,10-13,35H2,1H3,(H,36,38,39)(H,37,40,41)/t15-/m0/s1. The lowest BCUT2D eigenvalue weighted by molar-refractivity contribution is 0.135. The van der Waals surface area contributed by atoms with Gasteiger partial charge in [-0.2, -0.15) is 20.3 Å². The molecular weight excluding hydrogens is 600 g/mol. The Balaban J connectivity index is 1.29. The summed E-state index contributed by atoms with van der Waals surface area (Å²) >= 11 is 0.970. The van der Waals surface area contributed by atoms with Gasteiger partial charge < -0.3 is 25.4 Å². The van der Waals surface area contributed by atoms with E-state index < -0.39 is 11.6 Å². The SMILES string of the molecule is CN1CCC[C@H]1COc1nc(NCc2nc(C3CC3)n[nH]2)c2c3c(c(-c4ccc(F)c5sc(N)c(C#N)c45)c(F)c2n1)COC3. The Morgan fingerprint density at radius 3 is 2.80 bits per heavy atom. The number of likely N-dealkylation sites (N-methyl/N-ethyl adjacent to an activating group) is 1. The summed E-state index contributed by atoms with van der Waals surface area (Å²) in [7, 11) is 2.05. The van der Waals surface area contributed by atoms with Gasteiger partial charge in [0.15, 0.2) is 11.6 Å². The number of hydrogen-bond donors (Lipinski definition) is 3. The fourth-order valence-corrected chi connectivity index (χ4v) is 7.38. The number of nitriles is 1. The number of nitrogens with one attached hydrogen (secondary N) is 2. The molecule has 0 bridgehead atoms. The highest BCUT2D eigenvalue weighted by Gasteiger charge is 2.32. The van der Waals surface area contributed by atoms with Crippen molar-refractivity contribution in [2.75, 3.05) is 31.2 Å². The molecular formula is C31H29F2N9O2S. The van der Waals surface area contributed by atoms with Gasteiger partial charge in [0.05, 0.1) is 35.4 Å². The van der Waals surface area contributed by atoms with Crippen LogP contribution in [0, 0.1) is 23.0 Å². The van der Waals surface area contributed by atoms with Crippen LogP contribution in [-0.2, 0) is 24.5 Å². The fourth-order valence-electron chi connectivity index (χ4n) is 6.43. The second kappa shape index (κ2) is 10.9. The Morgan fingerprint density at radius 2 is 2.02 bits per heavy atom. The number of ether oxygens (including phenoxy) is 2. The number of nitrogens with zero attached hydrogens (tertiary/aromatic N) is 6. The first-order valence-electron chi connectivity index (χ1n) is 14.9. The number of anilines is 2. The number of aromatic amines is 1. The summed E-state index contributed by atoms with van der Waals surface area (Å²) in [6.07, 6.45) is 4.23. The van der Waals surface area contributed by atoms with Crippen molar-refractivity contribution in [1.29, 1.82) is 5.26 Å². The number of fused-ring (bicyclic) bond motifs is 4. The topological polar surface area (TPSA) is 151 Å². The number of halogens is 2. The molecule has 5 aromatic rings. The maximum absolute atomic E-state index is 17.0. The number of rotatable bonds is 8. The molecule has 45 heavy (non-hydrogen) atoms. The van der Waals surface area contributed by atoms with E-state index in [9.17, 15) is 9.65 Å². The lowest BCUT2D eigenvalue weighted by atomic mass is 9.90. The molecule has 1 aliphatic carbocycles. The van der Waals surface area contributed by atoms with Crippen LogP contribution >= 0.6 is 11.3 Å². The molecule has 3 aliphatic rings. The summed E-state index contributed by atoms with van der Waals surface area (Å²) in [5, 5.41) is 21.5. The van der Waals surface area contributed by atoms with Crippen LogP contribution in [0.5, 0.6) is 6.01 Å². The number of nitrogens with two attached hydrogens (primary N) is 1. The van der Waals surface area contributed by atoms with Crippen molar-refractivity contribution in [3.05, 3.63) is 52.1 Å². The molecule has 0 spiro atoms. The monoisotopic (exact) mass is 629 g/mol. The van der Waals surface area contributed by atoms with Gasteiger partial charge in [0.25, 0.3) is 0 Å². The first-order chi connectivity index (χ1) is 21.9. The van der Waals surface area contributed by atoms with E-state index in [0.29, 0.717) is 46.2 Å². The zero-order chi connectivity index (χ0) is 30.8. The Labute approximate surface area is 260 Å². The molecule has 2 aliphatic heterocycles. The average molecular weight is 630 g/mol. The van der Waals surface area contributed by atoms with Crippen molar-refractivity contribution in [1.82, 2.24) is 30.0 Å². The average Bonchev–Trinajstić information content (AvgIpc) is 3.35. The number of aromatic nitrogens is 5. The summed E-state index contributed by atoms with van der Waals surface area (Å²) < 4.78 is 44.1. The molecule has 1 saturated heterocycles. The zero-order valence-corrected chi connectivity index (χ0v) is 25.2. The number of hydrogen-bond acceptors (Lipinski definition) is 11. The maximum Gasteiger partial charge on any atom is 0.319 e. The van der Waals surface area contributed by atoms with E-state index in [1.165, 1.54) is 12.1 Å². The van der Waals surface area contributed by atoms with Gasteiger partial charge in [-0.05, 0) is 62.0 Å². The van der Waals surface area contributed by atoms with E-state index in [-0.39, 0.29) is 63.5 Å². The van der Waals surface area contributed by atoms with Gasteiger partial charge in [-0.15, -0.1) is 11.3 Å². The van der Waals surface area contributed by atoms with Crippen molar-refractivity contribution in [3.8, 4) is 23.2 Å². The van der Waals surface area contributed by atoms with Crippen LogP contribution in [0.4, 0.5) is 19.6 Å². The molecule has 0 amide bonds. The smallest absolute Gasteiger partial charge is 0.319 e. The predicted octanol–water partition coefficient (Wildman–Crippen LogP) is 5.35. The highest BCUT2D eigenvalue weighted by molar-refractivity contribution is 7.23. The molecule has 5 heterocycles. The van der Waals surface area contributed by atoms with Crippen LogP contribution in [0.2, 0.25) is 0 Å². The van der Waals surface area contributed by atoms with Gasteiger partial charge in [0.1, 0.15) is 40.7 Å². The maximum atomic E-state index is 17.0. The summed E-state index contributed by atoms with van der Waals surface area (Å²) in [4.78, 5) is 16.2. The number of benzene rings is 2. The summed E-state index contributed by atoms with van der Waals surface area (Å²) in [6.45, 7) is 1.92. The van der Waals surface area contributed by atoms with Gasteiger partial charge >= 0.3 is 6.01 Å². The highest BCUT2D eigenvalue weighted by Crippen LogP contribution is 2.47. The van der Waals surface area contributed by atoms with Gasteiger partial charge in [0.2, 0.25) is 0 Å². The predicted molar refractivity (Wildman–Crippen MR) is 165 cm³/mol. The van der Waals surface area contributed by atoms with Crippen LogP contribution < -0.4 is 15.8 Å². The minimum Gasteiger partial charge on any atom is -0.462 e. The number of nitrogen functional groups attached to an aromatic ring is 1. The largest absolute Gasteiger partial charge is 0.462 e. The molecule has 230 valence electrons. The molecule has 14 heteroatoms. The fraction of sp³-hybridized carbons (Fsp3) is 0.387. The number of H-pyrrole nitrogens is 1. The molecule has 2 aromatic carbocycles. The second-order valence-electron chi connectivity index (χ2n) is 11.8. The van der Waals surface area contributed by atoms with Gasteiger partial charge in [-0.25, -0.2) is 13.8 Å². The molecule has 8 rings (SSSR count). The van der Waals surface area contributed by atoms with E-state index >= 15 is 4.39 Å². The summed E-state index contributed by atoms with van der Waals surface area (Å²) in [6, 6.07) is 5.08. The van der Waals surface area contributed by atoms with Crippen molar-refractivity contribution < 1.29 is 18.3 Å². The quantitative estimate of drug-likeness (QED) is 0.205. The van der Waals surface area contributed by atoms with Crippen molar-refractivity contribution >= 4 is 43.1 Å². The third kappa shape index (κ3) is 4.73. The van der Waals surface area contributed by atoms with Crippen LogP contribution in [0.15, 0.2) is 12.1 Å². The van der Waals surface area contributed by atoms with E-state index in [2.05, 4.69) is 36.5 Å².